The zero-order chi connectivity index (χ0) is 38.3. The highest BCUT2D eigenvalue weighted by Crippen LogP contribution is 2.64. The molecule has 2 aromatic carbocycles. The number of hydrogen-bond acceptors (Lipinski definition) is 12. The third-order valence-corrected chi connectivity index (χ3v) is 16.0. The molecule has 0 radical (unpaired) electrons. The fourth-order valence-electron chi connectivity index (χ4n) is 11.0. The second-order valence-corrected chi connectivity index (χ2v) is 19.2. The van der Waals surface area contributed by atoms with E-state index in [1.54, 1.807) is 18.2 Å². The fourth-order valence-corrected chi connectivity index (χ4v) is 13.6. The number of nitrogens with two attached hydrogens (primary N) is 2. The second-order valence-electron chi connectivity index (χ2n) is 16.7. The SMILES string of the molecule is CC1(O)CCCC2c3c(c4c5oc6c(c(=O)c5c3OC3CCCC3)C(c3ccc(NO)cc3)C=CC6(O)C3(CCCC3)C(CO)(N=C(N)N)CSSC4)OC21. The van der Waals surface area contributed by atoms with Gasteiger partial charge < -0.3 is 40.7 Å². The summed E-state index contributed by atoms with van der Waals surface area (Å²) in [6.07, 6.45) is 11.3. The first-order valence-electron chi connectivity index (χ1n) is 19.6. The highest BCUT2D eigenvalue weighted by Gasteiger charge is 2.66. The molecule has 6 aliphatic rings. The number of ether oxygens (including phenoxy) is 2. The third kappa shape index (κ3) is 5.49. The number of aliphatic imine (C=N–C) groups is 1. The van der Waals surface area contributed by atoms with E-state index in [0.717, 1.165) is 62.5 Å². The van der Waals surface area contributed by atoms with Gasteiger partial charge in [0.15, 0.2) is 5.96 Å². The van der Waals surface area contributed by atoms with E-state index in [-0.39, 0.29) is 40.5 Å². The molecule has 55 heavy (non-hydrogen) atoms. The quantitative estimate of drug-likeness (QED) is 0.0501. The minimum absolute atomic E-state index is 0.0959. The van der Waals surface area contributed by atoms with Gasteiger partial charge >= 0.3 is 0 Å². The van der Waals surface area contributed by atoms with Gasteiger partial charge in [-0.25, -0.2) is 4.99 Å². The van der Waals surface area contributed by atoms with Crippen molar-refractivity contribution in [1.82, 2.24) is 0 Å². The standard InChI is InChI=1S/C41H50N4O8S2/c1-38(48)15-6-9-26-29-32(52-35(26)38)27-19-54-55-21-40(20-46,44-37(42)43)39(16-4-5-17-39)41(49)18-14-25(22-10-12-23(45-50)13-11-22)28-31(47)30(33(27)53-36(28)41)34(29)51-24-7-2-3-8-24/h10-14,18,24-26,35,45-46,48-50H,2-9,15-17,19-21H2,1H3,(H4,42,43,44). The lowest BCUT2D eigenvalue weighted by Crippen LogP contribution is -2.62. The maximum absolute atomic E-state index is 15.9. The molecule has 3 saturated carbocycles. The van der Waals surface area contributed by atoms with E-state index in [2.05, 4.69) is 5.48 Å². The molecule has 14 heteroatoms. The molecular weight excluding hydrogens is 741 g/mol. The van der Waals surface area contributed by atoms with Crippen LogP contribution in [0.1, 0.15) is 117 Å². The Hall–Kier alpha value is -3.40. The molecule has 6 unspecified atom stereocenters. The van der Waals surface area contributed by atoms with Gasteiger partial charge in [0.2, 0.25) is 5.43 Å². The first-order chi connectivity index (χ1) is 26.5. The number of benzene rings is 2. The van der Waals surface area contributed by atoms with Crippen molar-refractivity contribution in [2.75, 3.05) is 17.8 Å². The molecule has 1 spiro atoms. The summed E-state index contributed by atoms with van der Waals surface area (Å²) in [5, 5.41) is 46.7. The molecule has 3 fully saturated rings. The molecule has 9 N–H and O–H groups in total. The Morgan fingerprint density at radius 1 is 1.02 bits per heavy atom. The molecule has 3 heterocycles. The maximum Gasteiger partial charge on any atom is 0.201 e. The van der Waals surface area contributed by atoms with Gasteiger partial charge in [0.1, 0.15) is 45.5 Å². The van der Waals surface area contributed by atoms with E-state index in [1.807, 2.05) is 25.1 Å². The van der Waals surface area contributed by atoms with E-state index in [0.29, 0.717) is 58.7 Å². The summed E-state index contributed by atoms with van der Waals surface area (Å²) in [7, 11) is 3.03. The maximum atomic E-state index is 15.9. The molecule has 2 aliphatic heterocycles. The number of hydrogen-bond donors (Lipinski definition) is 7. The van der Waals surface area contributed by atoms with Gasteiger partial charge in [-0.2, -0.15) is 0 Å². The van der Waals surface area contributed by atoms with E-state index in [4.69, 9.17) is 30.4 Å². The van der Waals surface area contributed by atoms with Crippen molar-refractivity contribution < 1.29 is 34.4 Å². The number of nitrogens with zero attached hydrogens (tertiary/aromatic N) is 1. The smallest absolute Gasteiger partial charge is 0.201 e. The number of rotatable bonds is 6. The minimum atomic E-state index is -1.92. The topological polar surface area (TPSA) is 206 Å². The largest absolute Gasteiger partial charge is 0.489 e. The fraction of sp³-hybridized carbons (Fsp3) is 0.561. The Balaban J connectivity index is 1.40. The molecular formula is C41H50N4O8S2. The van der Waals surface area contributed by atoms with Gasteiger partial charge in [0, 0.05) is 39.9 Å². The van der Waals surface area contributed by atoms with E-state index in [1.165, 1.54) is 21.6 Å². The number of allylic oxidation sites excluding steroid dienone is 1. The zero-order valence-electron chi connectivity index (χ0n) is 31.0. The average Bonchev–Trinajstić information content (AvgIpc) is 3.96. The van der Waals surface area contributed by atoms with Crippen molar-refractivity contribution in [3.63, 3.8) is 0 Å². The number of aliphatic hydroxyl groups excluding tert-OH is 1. The molecule has 294 valence electrons. The molecule has 2 bridgehead atoms. The normalized spacial score (nSPS) is 32.2. The van der Waals surface area contributed by atoms with Gasteiger partial charge in [-0.3, -0.25) is 15.5 Å². The van der Waals surface area contributed by atoms with Gasteiger partial charge in [-0.1, -0.05) is 52.6 Å². The van der Waals surface area contributed by atoms with Crippen molar-refractivity contribution in [2.24, 2.45) is 21.9 Å². The number of nitrogens with one attached hydrogen (secondary N) is 1. The number of anilines is 1. The van der Waals surface area contributed by atoms with Gasteiger partial charge in [0.25, 0.3) is 0 Å². The summed E-state index contributed by atoms with van der Waals surface area (Å²) >= 11 is 0. The molecule has 4 aliphatic carbocycles. The number of fused-ring (bicyclic) bond motifs is 5. The second kappa shape index (κ2) is 13.6. The highest BCUT2D eigenvalue weighted by molar-refractivity contribution is 8.76. The zero-order valence-corrected chi connectivity index (χ0v) is 32.6. The van der Waals surface area contributed by atoms with E-state index >= 15 is 4.79 Å². The third-order valence-electron chi connectivity index (χ3n) is 13.6. The van der Waals surface area contributed by atoms with E-state index in [9.17, 15) is 20.5 Å². The first-order valence-corrected chi connectivity index (χ1v) is 22.1. The van der Waals surface area contributed by atoms with Crippen LogP contribution in [0.25, 0.3) is 11.0 Å². The number of guanidine groups is 1. The van der Waals surface area contributed by atoms with E-state index < -0.39 is 40.8 Å². The molecule has 12 nitrogen and oxygen atoms in total. The summed E-state index contributed by atoms with van der Waals surface area (Å²) in [6.45, 7) is 1.38. The van der Waals surface area contributed by atoms with Gasteiger partial charge in [0.05, 0.1) is 29.6 Å². The van der Waals surface area contributed by atoms with Gasteiger partial charge in [-0.15, -0.1) is 0 Å². The van der Waals surface area contributed by atoms with Crippen LogP contribution in [-0.2, 0) is 11.4 Å². The first kappa shape index (κ1) is 37.2. The summed E-state index contributed by atoms with van der Waals surface area (Å²) < 4.78 is 21.1. The lowest BCUT2D eigenvalue weighted by Gasteiger charge is -2.54. The minimum Gasteiger partial charge on any atom is -0.489 e. The Labute approximate surface area is 327 Å². The lowest BCUT2D eigenvalue weighted by atomic mass is 9.56. The Morgan fingerprint density at radius 3 is 2.45 bits per heavy atom. The van der Waals surface area contributed by atoms with Crippen LogP contribution in [-0.4, -0.2) is 62.2 Å². The van der Waals surface area contributed by atoms with Crippen molar-refractivity contribution in [3.05, 3.63) is 74.7 Å². The highest BCUT2D eigenvalue weighted by atomic mass is 33.1. The van der Waals surface area contributed by atoms with Crippen LogP contribution in [0.3, 0.4) is 0 Å². The Kier molecular flexibility index (Phi) is 9.21. The molecule has 6 atom stereocenters. The van der Waals surface area contributed by atoms with Crippen LogP contribution in [0.2, 0.25) is 0 Å². The van der Waals surface area contributed by atoms with Crippen molar-refractivity contribution in [2.45, 2.75) is 124 Å². The van der Waals surface area contributed by atoms with Gasteiger partial charge in [-0.05, 0) is 88.5 Å². The molecule has 0 saturated heterocycles. The van der Waals surface area contributed by atoms with Crippen molar-refractivity contribution in [3.8, 4) is 11.5 Å². The summed E-state index contributed by atoms with van der Waals surface area (Å²) in [5.41, 5.74) is 11.9. The lowest BCUT2D eigenvalue weighted by molar-refractivity contribution is -0.114. The Morgan fingerprint density at radius 2 is 1.76 bits per heavy atom. The van der Waals surface area contributed by atoms with Crippen molar-refractivity contribution in [1.29, 1.82) is 0 Å². The monoisotopic (exact) mass is 790 g/mol. The van der Waals surface area contributed by atoms with Crippen LogP contribution >= 0.6 is 21.6 Å². The molecule has 9 rings (SSSR count). The molecule has 1 aromatic heterocycles. The van der Waals surface area contributed by atoms with Crippen molar-refractivity contribution >= 4 is 44.2 Å². The summed E-state index contributed by atoms with van der Waals surface area (Å²) in [6, 6.07) is 7.12. The summed E-state index contributed by atoms with van der Waals surface area (Å²) in [5.74, 6) is 0.741. The molecule has 3 aromatic rings. The van der Waals surface area contributed by atoms with Crippen LogP contribution in [0.15, 0.2) is 50.6 Å². The van der Waals surface area contributed by atoms with Crippen LogP contribution in [0.5, 0.6) is 11.5 Å². The number of aliphatic hydroxyl groups is 3. The van der Waals surface area contributed by atoms with Crippen LogP contribution in [0, 0.1) is 5.41 Å². The summed E-state index contributed by atoms with van der Waals surface area (Å²) in [4.78, 5) is 20.7. The molecule has 0 amide bonds. The van der Waals surface area contributed by atoms with Crippen LogP contribution in [0.4, 0.5) is 5.69 Å². The predicted molar refractivity (Wildman–Crippen MR) is 214 cm³/mol. The van der Waals surface area contributed by atoms with Crippen LogP contribution < -0.4 is 31.8 Å². The Bertz CT molecular complexity index is 2120. The predicted octanol–water partition coefficient (Wildman–Crippen LogP) is 6.04. The average molecular weight is 791 g/mol.